The van der Waals surface area contributed by atoms with Gasteiger partial charge >= 0.3 is 0 Å². The van der Waals surface area contributed by atoms with Gasteiger partial charge in [-0.3, -0.25) is 0 Å². The first kappa shape index (κ1) is 23.6. The van der Waals surface area contributed by atoms with Crippen LogP contribution < -0.4 is 10.1 Å². The van der Waals surface area contributed by atoms with Crippen molar-refractivity contribution < 1.29 is 18.4 Å². The molecule has 0 radical (unpaired) electrons. The van der Waals surface area contributed by atoms with Gasteiger partial charge in [0.25, 0.3) is 0 Å². The van der Waals surface area contributed by atoms with Crippen molar-refractivity contribution >= 4 is 22.6 Å². The molecule has 0 bridgehead atoms. The van der Waals surface area contributed by atoms with Gasteiger partial charge in [0.1, 0.15) is 28.6 Å². The van der Waals surface area contributed by atoms with Crippen LogP contribution in [0.5, 0.6) is 5.75 Å². The summed E-state index contributed by atoms with van der Waals surface area (Å²) in [6.07, 6.45) is 0.850. The van der Waals surface area contributed by atoms with Crippen molar-refractivity contribution in [2.45, 2.75) is 18.2 Å². The second kappa shape index (κ2) is 10.5. The van der Waals surface area contributed by atoms with Crippen LogP contribution in [0.3, 0.4) is 0 Å². The molecule has 2 N–H and O–H groups in total. The second-order valence-corrected chi connectivity index (χ2v) is 9.47. The lowest BCUT2D eigenvalue weighted by Gasteiger charge is -2.48. The van der Waals surface area contributed by atoms with E-state index in [0.717, 1.165) is 12.0 Å². The van der Waals surface area contributed by atoms with Gasteiger partial charge in [-0.2, -0.15) is 5.26 Å². The summed E-state index contributed by atoms with van der Waals surface area (Å²) in [6.45, 7) is 4.26. The fourth-order valence-electron chi connectivity index (χ4n) is 3.46. The minimum absolute atomic E-state index is 0.00675. The van der Waals surface area contributed by atoms with Crippen LogP contribution in [0.15, 0.2) is 41.3 Å². The molecule has 31 heavy (non-hydrogen) atoms. The molecule has 0 aliphatic carbocycles. The van der Waals surface area contributed by atoms with Crippen molar-refractivity contribution in [2.24, 2.45) is 5.41 Å². The van der Waals surface area contributed by atoms with Crippen LogP contribution in [0, 0.1) is 22.6 Å². The van der Waals surface area contributed by atoms with Gasteiger partial charge in [0.05, 0.1) is 28.7 Å². The minimum Gasteiger partial charge on any atom is -0.493 e. The van der Waals surface area contributed by atoms with Crippen LogP contribution in [0.4, 0.5) is 4.39 Å². The standard InChI is InChI=1S/C22H25ClFN3O3S/c1-2-16-3-6-21(19(23)9-16)31(29)27-13-22(14-27,12-26-7-8-28)15-30-18-5-4-17(11-25)20(24)10-18/h3-6,9-10,26,28H,2,7-8,12-15H2,1H3. The van der Waals surface area contributed by atoms with E-state index in [9.17, 15) is 8.60 Å². The molecule has 1 fully saturated rings. The van der Waals surface area contributed by atoms with E-state index >= 15 is 0 Å². The van der Waals surface area contributed by atoms with E-state index in [1.165, 1.54) is 12.1 Å². The van der Waals surface area contributed by atoms with E-state index in [4.69, 9.17) is 26.7 Å². The molecule has 1 atom stereocenters. The quantitative estimate of drug-likeness (QED) is 0.527. The number of aliphatic hydroxyl groups is 1. The van der Waals surface area contributed by atoms with Crippen molar-refractivity contribution in [3.05, 3.63) is 58.4 Å². The van der Waals surface area contributed by atoms with Crippen molar-refractivity contribution in [2.75, 3.05) is 39.4 Å². The van der Waals surface area contributed by atoms with E-state index < -0.39 is 16.8 Å². The molecule has 1 saturated heterocycles. The number of hydrogen-bond donors (Lipinski definition) is 2. The zero-order valence-corrected chi connectivity index (χ0v) is 18.8. The molecule has 9 heteroatoms. The van der Waals surface area contributed by atoms with Crippen LogP contribution >= 0.6 is 11.6 Å². The summed E-state index contributed by atoms with van der Waals surface area (Å²) < 4.78 is 34.5. The molecule has 1 unspecified atom stereocenters. The van der Waals surface area contributed by atoms with Crippen molar-refractivity contribution in [3.63, 3.8) is 0 Å². The number of nitriles is 1. The highest BCUT2D eigenvalue weighted by atomic mass is 35.5. The highest BCUT2D eigenvalue weighted by molar-refractivity contribution is 7.82. The third-order valence-electron chi connectivity index (χ3n) is 5.25. The predicted molar refractivity (Wildman–Crippen MR) is 118 cm³/mol. The summed E-state index contributed by atoms with van der Waals surface area (Å²) in [4.78, 5) is 0.575. The molecule has 0 spiro atoms. The Bertz CT molecular complexity index is 992. The topological polar surface area (TPSA) is 85.6 Å². The first-order valence-electron chi connectivity index (χ1n) is 10.0. The number of aryl methyl sites for hydroxylation is 1. The summed E-state index contributed by atoms with van der Waals surface area (Å²) in [5.41, 5.74) is 0.688. The second-order valence-electron chi connectivity index (χ2n) is 7.61. The van der Waals surface area contributed by atoms with Crippen molar-refractivity contribution in [1.29, 1.82) is 5.26 Å². The van der Waals surface area contributed by atoms with Crippen LogP contribution in [0.1, 0.15) is 18.1 Å². The van der Waals surface area contributed by atoms with Gasteiger partial charge in [-0.15, -0.1) is 0 Å². The Labute approximate surface area is 189 Å². The van der Waals surface area contributed by atoms with Gasteiger partial charge in [0.2, 0.25) is 0 Å². The Morgan fingerprint density at radius 1 is 1.35 bits per heavy atom. The van der Waals surface area contributed by atoms with Crippen LogP contribution in [0.2, 0.25) is 5.02 Å². The Kier molecular flexibility index (Phi) is 8.03. The molecule has 2 aromatic carbocycles. The van der Waals surface area contributed by atoms with Gasteiger partial charge in [0, 0.05) is 37.7 Å². The molecule has 1 aliphatic heterocycles. The number of nitrogens with one attached hydrogen (secondary N) is 1. The Hall–Kier alpha value is -2.02. The molecule has 0 amide bonds. The average Bonchev–Trinajstić information content (AvgIpc) is 2.74. The maximum atomic E-state index is 13.9. The summed E-state index contributed by atoms with van der Waals surface area (Å²) in [6, 6.07) is 11.5. The number of benzene rings is 2. The summed E-state index contributed by atoms with van der Waals surface area (Å²) >= 11 is 6.34. The SMILES string of the molecule is CCc1ccc(S(=O)N2CC(CNCCO)(COc3ccc(C#N)c(F)c3)C2)c(Cl)c1. The van der Waals surface area contributed by atoms with E-state index in [1.807, 2.05) is 23.4 Å². The zero-order valence-electron chi connectivity index (χ0n) is 17.2. The molecule has 0 saturated carbocycles. The monoisotopic (exact) mass is 465 g/mol. The smallest absolute Gasteiger partial charge is 0.144 e. The van der Waals surface area contributed by atoms with Crippen molar-refractivity contribution in [1.82, 2.24) is 9.62 Å². The van der Waals surface area contributed by atoms with Gasteiger partial charge in [-0.05, 0) is 36.2 Å². The fourth-order valence-corrected chi connectivity index (χ4v) is 5.34. The number of halogens is 2. The summed E-state index contributed by atoms with van der Waals surface area (Å²) in [5, 5.41) is 21.6. The van der Waals surface area contributed by atoms with Crippen LogP contribution in [-0.4, -0.2) is 53.0 Å². The molecule has 166 valence electrons. The molecule has 1 heterocycles. The normalized spacial score (nSPS) is 16.4. The Balaban J connectivity index is 1.67. The highest BCUT2D eigenvalue weighted by Gasteiger charge is 2.46. The number of nitrogens with zero attached hydrogens (tertiary/aromatic N) is 2. The lowest BCUT2D eigenvalue weighted by atomic mass is 9.82. The van der Waals surface area contributed by atoms with E-state index in [2.05, 4.69) is 5.32 Å². The lowest BCUT2D eigenvalue weighted by Crippen LogP contribution is -2.63. The third-order valence-corrected chi connectivity index (χ3v) is 7.13. The zero-order chi connectivity index (χ0) is 22.4. The minimum atomic E-state index is -1.40. The van der Waals surface area contributed by atoms with E-state index in [-0.39, 0.29) is 24.2 Å². The predicted octanol–water partition coefficient (Wildman–Crippen LogP) is 2.90. The first-order valence-corrected chi connectivity index (χ1v) is 11.5. The molecular weight excluding hydrogens is 441 g/mol. The Morgan fingerprint density at radius 3 is 2.74 bits per heavy atom. The summed E-state index contributed by atoms with van der Waals surface area (Å²) in [5.74, 6) is -0.301. The largest absolute Gasteiger partial charge is 0.493 e. The number of aliphatic hydroxyl groups excluding tert-OH is 1. The molecular formula is C22H25ClFN3O3S. The fraction of sp³-hybridized carbons (Fsp3) is 0.409. The van der Waals surface area contributed by atoms with Gasteiger partial charge in [-0.1, -0.05) is 24.6 Å². The Morgan fingerprint density at radius 2 is 2.13 bits per heavy atom. The molecule has 0 aromatic heterocycles. The summed E-state index contributed by atoms with van der Waals surface area (Å²) in [7, 11) is -1.40. The van der Waals surface area contributed by atoms with Crippen LogP contribution in [-0.2, 0) is 17.4 Å². The van der Waals surface area contributed by atoms with Gasteiger partial charge in [-0.25, -0.2) is 12.9 Å². The highest BCUT2D eigenvalue weighted by Crippen LogP contribution is 2.35. The lowest BCUT2D eigenvalue weighted by molar-refractivity contribution is 0.0218. The van der Waals surface area contributed by atoms with Gasteiger partial charge < -0.3 is 15.2 Å². The number of hydrogen-bond acceptors (Lipinski definition) is 5. The van der Waals surface area contributed by atoms with Crippen LogP contribution in [0.25, 0.3) is 0 Å². The molecule has 3 rings (SSSR count). The number of rotatable bonds is 10. The number of ether oxygens (including phenoxy) is 1. The van der Waals surface area contributed by atoms with Crippen molar-refractivity contribution in [3.8, 4) is 11.8 Å². The van der Waals surface area contributed by atoms with Gasteiger partial charge in [0.15, 0.2) is 0 Å². The maximum absolute atomic E-state index is 13.9. The maximum Gasteiger partial charge on any atom is 0.144 e. The molecule has 2 aromatic rings. The third kappa shape index (κ3) is 5.62. The molecule has 1 aliphatic rings. The average molecular weight is 466 g/mol. The first-order chi connectivity index (χ1) is 14.9. The van der Waals surface area contributed by atoms with E-state index in [1.54, 1.807) is 18.2 Å². The van der Waals surface area contributed by atoms with E-state index in [0.29, 0.717) is 41.8 Å². The molecule has 6 nitrogen and oxygen atoms in total.